The fourth-order valence-electron chi connectivity index (χ4n) is 0.940. The van der Waals surface area contributed by atoms with Crippen molar-refractivity contribution < 1.29 is 0 Å². The number of rotatable bonds is 2. The fourth-order valence-corrected chi connectivity index (χ4v) is 0.940. The topological polar surface area (TPSA) is 80.2 Å². The van der Waals surface area contributed by atoms with Gasteiger partial charge < -0.3 is 16.1 Å². The van der Waals surface area contributed by atoms with Gasteiger partial charge in [0.2, 0.25) is 0 Å². The summed E-state index contributed by atoms with van der Waals surface area (Å²) in [4.78, 5) is 3.97. The van der Waals surface area contributed by atoms with Crippen LogP contribution in [0.2, 0.25) is 0 Å². The van der Waals surface area contributed by atoms with Crippen molar-refractivity contribution in [2.75, 3.05) is 30.2 Å². The number of nitrogens with two attached hydrogens (primary N) is 2. The number of pyridine rings is 1. The van der Waals surface area contributed by atoms with Crippen molar-refractivity contribution in [2.45, 2.75) is 0 Å². The zero-order valence-corrected chi connectivity index (χ0v) is 7.20. The van der Waals surface area contributed by atoms with E-state index in [2.05, 4.69) is 10.3 Å². The lowest BCUT2D eigenvalue weighted by molar-refractivity contribution is 1.01. The van der Waals surface area contributed by atoms with E-state index in [0.717, 1.165) is 5.69 Å². The molecular formula is C7H13N5. The van der Waals surface area contributed by atoms with Crippen LogP contribution in [0.4, 0.5) is 17.1 Å². The number of hydrazine groups is 1. The zero-order valence-electron chi connectivity index (χ0n) is 7.20. The molecule has 0 aliphatic carbocycles. The highest BCUT2D eigenvalue weighted by Gasteiger charge is 2.05. The van der Waals surface area contributed by atoms with E-state index in [-0.39, 0.29) is 0 Å². The molecule has 1 aromatic heterocycles. The smallest absolute Gasteiger partial charge is 0.0949 e. The first kappa shape index (κ1) is 8.61. The fraction of sp³-hybridized carbons (Fsp3) is 0.286. The molecule has 0 radical (unpaired) electrons. The molecule has 1 rings (SSSR count). The van der Waals surface area contributed by atoms with Gasteiger partial charge in [0.05, 0.1) is 29.5 Å². The summed E-state index contributed by atoms with van der Waals surface area (Å²) < 4.78 is 0. The highest BCUT2D eigenvalue weighted by atomic mass is 15.4. The van der Waals surface area contributed by atoms with Gasteiger partial charge in [-0.15, -0.1) is 0 Å². The lowest BCUT2D eigenvalue weighted by Gasteiger charge is -2.15. The van der Waals surface area contributed by atoms with Crippen LogP contribution in [0.25, 0.3) is 0 Å². The molecular weight excluding hydrogens is 154 g/mol. The van der Waals surface area contributed by atoms with Crippen LogP contribution in [0.1, 0.15) is 0 Å². The van der Waals surface area contributed by atoms with Gasteiger partial charge in [0.25, 0.3) is 0 Å². The Labute approximate surface area is 71.3 Å². The summed E-state index contributed by atoms with van der Waals surface area (Å²) in [5.74, 6) is 5.52. The number of nitrogens with one attached hydrogen (secondary N) is 1. The van der Waals surface area contributed by atoms with E-state index in [1.165, 1.54) is 5.01 Å². The van der Waals surface area contributed by atoms with Gasteiger partial charge in [-0.2, -0.15) is 0 Å². The van der Waals surface area contributed by atoms with Crippen LogP contribution in [-0.4, -0.2) is 19.1 Å². The normalized spacial score (nSPS) is 9.58. The molecule has 66 valence electrons. The summed E-state index contributed by atoms with van der Waals surface area (Å²) in [6, 6.07) is 0. The molecule has 1 heterocycles. The van der Waals surface area contributed by atoms with Gasteiger partial charge >= 0.3 is 0 Å². The quantitative estimate of drug-likeness (QED) is 0.427. The Morgan fingerprint density at radius 3 is 2.67 bits per heavy atom. The van der Waals surface area contributed by atoms with Crippen LogP contribution in [0, 0.1) is 0 Å². The maximum absolute atomic E-state index is 5.77. The summed E-state index contributed by atoms with van der Waals surface area (Å²) in [7, 11) is 3.50. The summed E-state index contributed by atoms with van der Waals surface area (Å²) >= 11 is 0. The van der Waals surface area contributed by atoms with E-state index in [9.17, 15) is 0 Å². The molecule has 0 aromatic carbocycles. The van der Waals surface area contributed by atoms with E-state index in [0.29, 0.717) is 11.4 Å². The molecule has 12 heavy (non-hydrogen) atoms. The first-order valence-corrected chi connectivity index (χ1v) is 3.56. The van der Waals surface area contributed by atoms with Gasteiger partial charge in [-0.05, 0) is 0 Å². The lowest BCUT2D eigenvalue weighted by Crippen LogP contribution is -2.26. The number of hydrogen-bond donors (Lipinski definition) is 3. The Balaban J connectivity index is 3.14. The average Bonchev–Trinajstić information content (AvgIpc) is 2.04. The summed E-state index contributed by atoms with van der Waals surface area (Å²) in [5.41, 5.74) is 7.87. The predicted molar refractivity (Wildman–Crippen MR) is 50.8 cm³/mol. The molecule has 0 saturated heterocycles. The van der Waals surface area contributed by atoms with Crippen molar-refractivity contribution in [1.29, 1.82) is 0 Å². The molecule has 0 saturated carbocycles. The molecule has 0 aliphatic heterocycles. The highest BCUT2D eigenvalue weighted by molar-refractivity contribution is 5.78. The Kier molecular flexibility index (Phi) is 2.35. The van der Waals surface area contributed by atoms with Gasteiger partial charge in [0.1, 0.15) is 0 Å². The molecule has 5 N–H and O–H groups in total. The number of nitrogen functional groups attached to an aromatic ring is 1. The molecule has 0 atom stereocenters. The highest BCUT2D eigenvalue weighted by Crippen LogP contribution is 2.26. The maximum Gasteiger partial charge on any atom is 0.0949 e. The SMILES string of the molecule is CNc1cncc(N(C)N)c1N. The molecule has 1 aromatic rings. The third kappa shape index (κ3) is 1.40. The Morgan fingerprint density at radius 1 is 1.50 bits per heavy atom. The minimum atomic E-state index is 0.609. The number of aromatic nitrogens is 1. The second-order valence-electron chi connectivity index (χ2n) is 2.48. The van der Waals surface area contributed by atoms with E-state index < -0.39 is 0 Å². The predicted octanol–water partition coefficient (Wildman–Crippen LogP) is 0.0154. The molecule has 5 heteroatoms. The molecule has 0 aliphatic rings. The standard InChI is InChI=1S/C7H13N5/c1-10-5-3-11-4-6(7(5)8)12(2)9/h3-4,10H,9H2,1-2H3,(H2,8,11). The largest absolute Gasteiger partial charge is 0.395 e. The van der Waals surface area contributed by atoms with Crippen LogP contribution in [0.3, 0.4) is 0 Å². The van der Waals surface area contributed by atoms with Gasteiger partial charge in [0, 0.05) is 14.1 Å². The molecule has 0 bridgehead atoms. The summed E-state index contributed by atoms with van der Waals surface area (Å²) in [6.45, 7) is 0. The Morgan fingerprint density at radius 2 is 2.17 bits per heavy atom. The van der Waals surface area contributed by atoms with E-state index in [1.54, 1.807) is 26.5 Å². The van der Waals surface area contributed by atoms with Gasteiger partial charge in [-0.1, -0.05) is 0 Å². The maximum atomic E-state index is 5.77. The third-order valence-corrected chi connectivity index (χ3v) is 1.62. The van der Waals surface area contributed by atoms with Crippen LogP contribution in [0.15, 0.2) is 12.4 Å². The van der Waals surface area contributed by atoms with Gasteiger partial charge in [0.15, 0.2) is 0 Å². The molecule has 0 amide bonds. The minimum absolute atomic E-state index is 0.609. The monoisotopic (exact) mass is 167 g/mol. The van der Waals surface area contributed by atoms with Crippen molar-refractivity contribution in [1.82, 2.24) is 4.98 Å². The van der Waals surface area contributed by atoms with E-state index in [4.69, 9.17) is 11.6 Å². The first-order valence-electron chi connectivity index (χ1n) is 3.56. The Bertz CT molecular complexity index is 270. The summed E-state index contributed by atoms with van der Waals surface area (Å²) in [6.07, 6.45) is 3.28. The van der Waals surface area contributed by atoms with Crippen molar-refractivity contribution in [3.8, 4) is 0 Å². The van der Waals surface area contributed by atoms with E-state index in [1.807, 2.05) is 0 Å². The number of anilines is 3. The average molecular weight is 167 g/mol. The number of nitrogens with zero attached hydrogens (tertiary/aromatic N) is 2. The van der Waals surface area contributed by atoms with Crippen molar-refractivity contribution in [2.24, 2.45) is 5.84 Å². The van der Waals surface area contributed by atoms with Crippen LogP contribution < -0.4 is 21.9 Å². The van der Waals surface area contributed by atoms with Crippen LogP contribution in [-0.2, 0) is 0 Å². The Hall–Kier alpha value is -1.49. The van der Waals surface area contributed by atoms with Crippen LogP contribution >= 0.6 is 0 Å². The van der Waals surface area contributed by atoms with Crippen molar-refractivity contribution >= 4 is 17.1 Å². The minimum Gasteiger partial charge on any atom is -0.395 e. The molecule has 0 unspecified atom stereocenters. The van der Waals surface area contributed by atoms with Gasteiger partial charge in [-0.25, -0.2) is 5.84 Å². The third-order valence-electron chi connectivity index (χ3n) is 1.62. The second-order valence-corrected chi connectivity index (χ2v) is 2.48. The van der Waals surface area contributed by atoms with Gasteiger partial charge in [-0.3, -0.25) is 4.98 Å². The lowest BCUT2D eigenvalue weighted by atomic mass is 10.3. The van der Waals surface area contributed by atoms with Crippen molar-refractivity contribution in [3.63, 3.8) is 0 Å². The second kappa shape index (κ2) is 3.27. The van der Waals surface area contributed by atoms with Crippen LogP contribution in [0.5, 0.6) is 0 Å². The first-order chi connectivity index (χ1) is 5.66. The number of hydrogen-bond acceptors (Lipinski definition) is 5. The van der Waals surface area contributed by atoms with E-state index >= 15 is 0 Å². The molecule has 0 fully saturated rings. The molecule has 5 nitrogen and oxygen atoms in total. The zero-order chi connectivity index (χ0) is 9.14. The van der Waals surface area contributed by atoms with Crippen molar-refractivity contribution in [3.05, 3.63) is 12.4 Å². The molecule has 0 spiro atoms. The summed E-state index contributed by atoms with van der Waals surface area (Å²) in [5, 5.41) is 4.35.